The second-order valence-electron chi connectivity index (χ2n) is 4.55. The summed E-state index contributed by atoms with van der Waals surface area (Å²) < 4.78 is 10.5. The molecule has 2 heterocycles. The Hall–Kier alpha value is -3.11. The molecule has 1 aromatic carbocycles. The number of oxazole rings is 1. The molecule has 0 spiro atoms. The van der Waals surface area contributed by atoms with Crippen LogP contribution in [0, 0.1) is 18.3 Å². The largest absolute Gasteiger partial charge is 0.463 e. The van der Waals surface area contributed by atoms with Crippen LogP contribution in [0.25, 0.3) is 11.0 Å². The van der Waals surface area contributed by atoms with Crippen LogP contribution in [0.1, 0.15) is 17.1 Å². The summed E-state index contributed by atoms with van der Waals surface area (Å²) in [5.41, 5.74) is 3.00. The molecule has 3 aromatic rings. The first kappa shape index (κ1) is 14.8. The van der Waals surface area contributed by atoms with E-state index in [1.165, 1.54) is 18.5 Å². The van der Waals surface area contributed by atoms with Crippen LogP contribution in [-0.4, -0.2) is 11.2 Å². The molecule has 23 heavy (non-hydrogen) atoms. The summed E-state index contributed by atoms with van der Waals surface area (Å²) in [5, 5.41) is 13.6. The maximum absolute atomic E-state index is 12.3. The van der Waals surface area contributed by atoms with Crippen molar-refractivity contribution in [3.63, 3.8) is 0 Å². The molecule has 3 rings (SSSR count). The average Bonchev–Trinajstić information content (AvgIpc) is 2.90. The summed E-state index contributed by atoms with van der Waals surface area (Å²) in [6.45, 7) is 1.61. The fourth-order valence-electron chi connectivity index (χ4n) is 1.95. The zero-order valence-corrected chi connectivity index (χ0v) is 12.6. The molecule has 2 aromatic heterocycles. The highest BCUT2D eigenvalue weighted by atomic mass is 35.5. The number of hydrogen-bond donors (Lipinski definition) is 1. The molecule has 0 saturated carbocycles. The van der Waals surface area contributed by atoms with Gasteiger partial charge in [0.2, 0.25) is 11.1 Å². The van der Waals surface area contributed by atoms with Crippen molar-refractivity contribution in [1.82, 2.24) is 4.98 Å². The van der Waals surface area contributed by atoms with Crippen LogP contribution in [0.5, 0.6) is 0 Å². The number of nitrogens with zero attached hydrogens (tertiary/aromatic N) is 3. The molecule has 0 unspecified atom stereocenters. The third-order valence-electron chi connectivity index (χ3n) is 2.97. The summed E-state index contributed by atoms with van der Waals surface area (Å²) in [6, 6.07) is 6.66. The smallest absolute Gasteiger partial charge is 0.252 e. The maximum atomic E-state index is 12.3. The Kier molecular flexibility index (Phi) is 3.83. The molecule has 0 aliphatic rings. The lowest BCUT2D eigenvalue weighted by Crippen LogP contribution is -2.08. The normalized spacial score (nSPS) is 11.0. The van der Waals surface area contributed by atoms with Gasteiger partial charge in [0.1, 0.15) is 17.9 Å². The number of aryl methyl sites for hydroxylation is 1. The highest BCUT2D eigenvalue weighted by molar-refractivity contribution is 6.31. The molecule has 0 radical (unpaired) electrons. The molecule has 0 bridgehead atoms. The first-order valence-corrected chi connectivity index (χ1v) is 6.84. The zero-order valence-electron chi connectivity index (χ0n) is 11.8. The molecule has 1 N–H and O–H groups in total. The minimum absolute atomic E-state index is 0.0805. The minimum atomic E-state index is -0.270. The van der Waals surface area contributed by atoms with E-state index in [0.29, 0.717) is 21.9 Å². The van der Waals surface area contributed by atoms with E-state index in [2.05, 4.69) is 15.5 Å². The predicted octanol–water partition coefficient (Wildman–Crippen LogP) is 3.06. The summed E-state index contributed by atoms with van der Waals surface area (Å²) in [4.78, 5) is 16.2. The van der Waals surface area contributed by atoms with Crippen molar-refractivity contribution < 1.29 is 8.83 Å². The maximum Gasteiger partial charge on any atom is 0.252 e. The Labute approximate surface area is 134 Å². The number of rotatable bonds is 3. The summed E-state index contributed by atoms with van der Waals surface area (Å²) in [7, 11) is 0. The molecule has 0 aliphatic carbocycles. The summed E-state index contributed by atoms with van der Waals surface area (Å²) in [6.07, 6.45) is 2.56. The summed E-state index contributed by atoms with van der Waals surface area (Å²) in [5.74, 6) is 0.439. The Bertz CT molecular complexity index is 1010. The first-order chi connectivity index (χ1) is 11.1. The van der Waals surface area contributed by atoms with Crippen molar-refractivity contribution in [2.45, 2.75) is 6.92 Å². The highest BCUT2D eigenvalue weighted by Crippen LogP contribution is 2.17. The lowest BCUT2D eigenvalue weighted by atomic mass is 10.2. The minimum Gasteiger partial charge on any atom is -0.463 e. The van der Waals surface area contributed by atoms with E-state index in [0.717, 1.165) is 0 Å². The highest BCUT2D eigenvalue weighted by Gasteiger charge is 2.09. The van der Waals surface area contributed by atoms with E-state index in [1.54, 1.807) is 19.1 Å². The third-order valence-corrected chi connectivity index (χ3v) is 3.21. The number of benzene rings is 1. The molecule has 0 amide bonds. The van der Waals surface area contributed by atoms with Crippen LogP contribution >= 0.6 is 11.6 Å². The van der Waals surface area contributed by atoms with E-state index < -0.39 is 0 Å². The quantitative estimate of drug-likeness (QED) is 0.585. The zero-order chi connectivity index (χ0) is 16.4. The van der Waals surface area contributed by atoms with E-state index in [-0.39, 0.29) is 22.6 Å². The number of nitrogens with one attached hydrogen (secondary N) is 1. The summed E-state index contributed by atoms with van der Waals surface area (Å²) >= 11 is 5.89. The first-order valence-electron chi connectivity index (χ1n) is 6.46. The van der Waals surface area contributed by atoms with Crippen LogP contribution in [0.15, 0.2) is 43.2 Å². The lowest BCUT2D eigenvalue weighted by molar-refractivity contribution is 0.533. The van der Waals surface area contributed by atoms with Gasteiger partial charge in [-0.2, -0.15) is 10.4 Å². The SMILES string of the molecule is Cc1nc(C#N)c(N/N=C\c2coc3ccc(Cl)cc3c2=O)o1. The van der Waals surface area contributed by atoms with Crippen molar-refractivity contribution in [3.05, 3.63) is 56.9 Å². The number of anilines is 1. The van der Waals surface area contributed by atoms with Crippen molar-refractivity contribution in [2.24, 2.45) is 5.10 Å². The van der Waals surface area contributed by atoms with E-state index in [4.69, 9.17) is 25.7 Å². The Balaban J connectivity index is 1.91. The molecular weight excluding hydrogens is 320 g/mol. The number of nitriles is 1. The van der Waals surface area contributed by atoms with Crippen LogP contribution in [0.2, 0.25) is 5.02 Å². The molecule has 7 nitrogen and oxygen atoms in total. The fraction of sp³-hybridized carbons (Fsp3) is 0.0667. The molecule has 0 saturated heterocycles. The van der Waals surface area contributed by atoms with E-state index >= 15 is 0 Å². The topological polar surface area (TPSA) is 104 Å². The van der Waals surface area contributed by atoms with Crippen LogP contribution in [-0.2, 0) is 0 Å². The lowest BCUT2D eigenvalue weighted by Gasteiger charge is -1.99. The standard InChI is InChI=1S/C15H9ClN4O3/c1-8-19-12(5-17)15(23-8)20-18-6-9-7-22-13-3-2-10(16)4-11(13)14(9)21/h2-4,6-7,20H,1H3/b18-6-. The van der Waals surface area contributed by atoms with Crippen molar-refractivity contribution in [1.29, 1.82) is 5.26 Å². The number of hydrazone groups is 1. The molecule has 114 valence electrons. The molecule has 8 heteroatoms. The van der Waals surface area contributed by atoms with E-state index in [9.17, 15) is 4.79 Å². The van der Waals surface area contributed by atoms with Gasteiger partial charge in [-0.05, 0) is 18.2 Å². The van der Waals surface area contributed by atoms with Gasteiger partial charge in [-0.15, -0.1) is 0 Å². The Morgan fingerprint density at radius 1 is 1.48 bits per heavy atom. The van der Waals surface area contributed by atoms with Gasteiger partial charge in [-0.3, -0.25) is 4.79 Å². The number of hydrogen-bond acceptors (Lipinski definition) is 7. The molecule has 0 atom stereocenters. The third kappa shape index (κ3) is 2.93. The van der Waals surface area contributed by atoms with E-state index in [1.807, 2.05) is 6.07 Å². The molecular formula is C15H9ClN4O3. The number of fused-ring (bicyclic) bond motifs is 1. The Morgan fingerprint density at radius 2 is 2.30 bits per heavy atom. The molecule has 0 fully saturated rings. The fourth-order valence-corrected chi connectivity index (χ4v) is 2.12. The molecule has 0 aliphatic heterocycles. The number of aromatic nitrogens is 1. The van der Waals surface area contributed by atoms with Gasteiger partial charge in [0, 0.05) is 11.9 Å². The van der Waals surface area contributed by atoms with Gasteiger partial charge >= 0.3 is 0 Å². The monoisotopic (exact) mass is 328 g/mol. The Morgan fingerprint density at radius 3 is 3.09 bits per heavy atom. The second-order valence-corrected chi connectivity index (χ2v) is 4.99. The predicted molar refractivity (Wildman–Crippen MR) is 84.7 cm³/mol. The average molecular weight is 329 g/mol. The van der Waals surface area contributed by atoms with Gasteiger partial charge in [0.15, 0.2) is 5.89 Å². The van der Waals surface area contributed by atoms with Crippen molar-refractivity contribution >= 4 is 34.7 Å². The van der Waals surface area contributed by atoms with Gasteiger partial charge in [-0.1, -0.05) is 11.6 Å². The van der Waals surface area contributed by atoms with Gasteiger partial charge in [0.25, 0.3) is 5.88 Å². The van der Waals surface area contributed by atoms with Gasteiger partial charge in [0.05, 0.1) is 17.2 Å². The van der Waals surface area contributed by atoms with Gasteiger partial charge < -0.3 is 8.83 Å². The van der Waals surface area contributed by atoms with Crippen LogP contribution < -0.4 is 10.9 Å². The van der Waals surface area contributed by atoms with Gasteiger partial charge in [-0.25, -0.2) is 10.4 Å². The van der Waals surface area contributed by atoms with Crippen molar-refractivity contribution in [2.75, 3.05) is 5.43 Å². The second kappa shape index (κ2) is 5.94. The van der Waals surface area contributed by atoms with Crippen molar-refractivity contribution in [3.8, 4) is 6.07 Å². The van der Waals surface area contributed by atoms with Crippen LogP contribution in [0.3, 0.4) is 0 Å². The van der Waals surface area contributed by atoms with Crippen LogP contribution in [0.4, 0.5) is 5.88 Å². The number of halogens is 1.